The third-order valence-electron chi connectivity index (χ3n) is 2.65. The van der Waals surface area contributed by atoms with Crippen molar-refractivity contribution >= 4 is 11.3 Å². The predicted octanol–water partition coefficient (Wildman–Crippen LogP) is 3.33. The van der Waals surface area contributed by atoms with Gasteiger partial charge in [-0.3, -0.25) is 0 Å². The number of hydrogen-bond donors (Lipinski definition) is 1. The van der Waals surface area contributed by atoms with Gasteiger partial charge in [0.05, 0.1) is 10.7 Å². The van der Waals surface area contributed by atoms with E-state index in [2.05, 4.69) is 24.2 Å². The van der Waals surface area contributed by atoms with Crippen LogP contribution >= 0.6 is 11.3 Å². The molecule has 0 aliphatic rings. The van der Waals surface area contributed by atoms with Crippen molar-refractivity contribution in [3.63, 3.8) is 0 Å². The highest BCUT2D eigenvalue weighted by Gasteiger charge is 2.12. The summed E-state index contributed by atoms with van der Waals surface area (Å²) in [4.78, 5) is 4.68. The molecule has 2 nitrogen and oxygen atoms in total. The van der Waals surface area contributed by atoms with Crippen LogP contribution in [-0.4, -0.2) is 11.5 Å². The van der Waals surface area contributed by atoms with Crippen LogP contribution in [-0.2, 0) is 6.42 Å². The Bertz CT molecular complexity index is 270. The molecular formula is C12H22N2S. The molecule has 1 heterocycles. The van der Waals surface area contributed by atoms with Gasteiger partial charge in [-0.15, -0.1) is 11.3 Å². The molecule has 0 saturated carbocycles. The number of hydrogen-bond acceptors (Lipinski definition) is 3. The van der Waals surface area contributed by atoms with Crippen LogP contribution in [0.5, 0.6) is 0 Å². The first-order chi connectivity index (χ1) is 7.31. The Kier molecular flexibility index (Phi) is 5.88. The summed E-state index contributed by atoms with van der Waals surface area (Å²) >= 11 is 1.79. The Hall–Kier alpha value is -0.410. The van der Waals surface area contributed by atoms with Crippen LogP contribution in [0.15, 0.2) is 5.38 Å². The predicted molar refractivity (Wildman–Crippen MR) is 67.4 cm³/mol. The van der Waals surface area contributed by atoms with E-state index >= 15 is 0 Å². The SMILES string of the molecule is CCCCc1nc(C(CN)CCC)cs1. The summed E-state index contributed by atoms with van der Waals surface area (Å²) in [6, 6.07) is 0. The van der Waals surface area contributed by atoms with Gasteiger partial charge in [0.25, 0.3) is 0 Å². The first kappa shape index (κ1) is 12.7. The fourth-order valence-electron chi connectivity index (χ4n) is 1.69. The minimum absolute atomic E-state index is 0.474. The zero-order chi connectivity index (χ0) is 11.1. The van der Waals surface area contributed by atoms with Crippen LogP contribution in [0.25, 0.3) is 0 Å². The van der Waals surface area contributed by atoms with Crippen LogP contribution in [0.3, 0.4) is 0 Å². The molecule has 0 amide bonds. The van der Waals surface area contributed by atoms with Crippen molar-refractivity contribution < 1.29 is 0 Å². The molecular weight excluding hydrogens is 204 g/mol. The molecule has 1 rings (SSSR count). The van der Waals surface area contributed by atoms with Crippen molar-refractivity contribution in [2.24, 2.45) is 5.73 Å². The number of unbranched alkanes of at least 4 members (excludes halogenated alkanes) is 1. The minimum Gasteiger partial charge on any atom is -0.330 e. The average Bonchev–Trinajstić information content (AvgIpc) is 2.71. The van der Waals surface area contributed by atoms with E-state index in [0.717, 1.165) is 19.4 Å². The summed E-state index contributed by atoms with van der Waals surface area (Å²) in [6.45, 7) is 5.14. The van der Waals surface area contributed by atoms with Gasteiger partial charge in [-0.25, -0.2) is 4.98 Å². The lowest BCUT2D eigenvalue weighted by Gasteiger charge is -2.09. The smallest absolute Gasteiger partial charge is 0.0928 e. The molecule has 0 spiro atoms. The second kappa shape index (κ2) is 6.96. The number of aryl methyl sites for hydroxylation is 1. The molecule has 1 aromatic rings. The second-order valence-electron chi connectivity index (χ2n) is 3.99. The summed E-state index contributed by atoms with van der Waals surface area (Å²) in [5.41, 5.74) is 6.98. The first-order valence-electron chi connectivity index (χ1n) is 5.96. The van der Waals surface area contributed by atoms with E-state index in [0.29, 0.717) is 5.92 Å². The van der Waals surface area contributed by atoms with Crippen LogP contribution in [0, 0.1) is 0 Å². The largest absolute Gasteiger partial charge is 0.330 e. The summed E-state index contributed by atoms with van der Waals surface area (Å²) in [5, 5.41) is 3.47. The molecule has 86 valence electrons. The van der Waals surface area contributed by atoms with Gasteiger partial charge >= 0.3 is 0 Å². The lowest BCUT2D eigenvalue weighted by Crippen LogP contribution is -2.12. The van der Waals surface area contributed by atoms with Gasteiger partial charge in [-0.05, 0) is 19.3 Å². The van der Waals surface area contributed by atoms with Gasteiger partial charge in [0.2, 0.25) is 0 Å². The molecule has 0 fully saturated rings. The molecule has 1 atom stereocenters. The van der Waals surface area contributed by atoms with Crippen molar-refractivity contribution in [1.82, 2.24) is 4.98 Å². The van der Waals surface area contributed by atoms with Gasteiger partial charge in [0, 0.05) is 17.8 Å². The third kappa shape index (κ3) is 3.92. The standard InChI is InChI=1S/C12H22N2S/c1-3-5-7-12-14-11(9-15-12)10(8-13)6-4-2/h9-10H,3-8,13H2,1-2H3. The van der Waals surface area contributed by atoms with Crippen molar-refractivity contribution in [1.29, 1.82) is 0 Å². The van der Waals surface area contributed by atoms with Crippen LogP contribution in [0.2, 0.25) is 0 Å². The number of nitrogens with two attached hydrogens (primary N) is 1. The van der Waals surface area contributed by atoms with Gasteiger partial charge in [-0.2, -0.15) is 0 Å². The maximum atomic E-state index is 5.76. The quantitative estimate of drug-likeness (QED) is 0.774. The van der Waals surface area contributed by atoms with Gasteiger partial charge < -0.3 is 5.73 Å². The number of nitrogens with zero attached hydrogens (tertiary/aromatic N) is 1. The molecule has 2 N–H and O–H groups in total. The zero-order valence-electron chi connectivity index (χ0n) is 9.83. The Balaban J connectivity index is 2.56. The highest BCUT2D eigenvalue weighted by atomic mass is 32.1. The van der Waals surface area contributed by atoms with Crippen molar-refractivity contribution in [2.45, 2.75) is 51.9 Å². The molecule has 1 aromatic heterocycles. The Morgan fingerprint density at radius 3 is 2.80 bits per heavy atom. The first-order valence-corrected chi connectivity index (χ1v) is 6.84. The minimum atomic E-state index is 0.474. The van der Waals surface area contributed by atoms with Crippen molar-refractivity contribution in [3.8, 4) is 0 Å². The van der Waals surface area contributed by atoms with Crippen LogP contribution < -0.4 is 5.73 Å². The second-order valence-corrected chi connectivity index (χ2v) is 4.93. The summed E-state index contributed by atoms with van der Waals surface area (Å²) in [7, 11) is 0. The summed E-state index contributed by atoms with van der Waals surface area (Å²) < 4.78 is 0. The van der Waals surface area contributed by atoms with E-state index < -0.39 is 0 Å². The number of aromatic nitrogens is 1. The fraction of sp³-hybridized carbons (Fsp3) is 0.750. The van der Waals surface area contributed by atoms with E-state index in [4.69, 9.17) is 5.73 Å². The summed E-state index contributed by atoms with van der Waals surface area (Å²) in [6.07, 6.45) is 5.96. The van der Waals surface area contributed by atoms with E-state index in [1.807, 2.05) is 0 Å². The van der Waals surface area contributed by atoms with Gasteiger partial charge in [0.1, 0.15) is 0 Å². The Morgan fingerprint density at radius 2 is 2.20 bits per heavy atom. The molecule has 0 aromatic carbocycles. The average molecular weight is 226 g/mol. The number of thiazole rings is 1. The molecule has 3 heteroatoms. The van der Waals surface area contributed by atoms with Gasteiger partial charge in [-0.1, -0.05) is 26.7 Å². The van der Waals surface area contributed by atoms with E-state index in [1.165, 1.54) is 30.0 Å². The fourth-order valence-corrected chi connectivity index (χ4v) is 2.61. The molecule has 0 bridgehead atoms. The van der Waals surface area contributed by atoms with Crippen molar-refractivity contribution in [3.05, 3.63) is 16.1 Å². The lowest BCUT2D eigenvalue weighted by molar-refractivity contribution is 0.607. The normalized spacial score (nSPS) is 13.0. The molecule has 0 aliphatic heterocycles. The van der Waals surface area contributed by atoms with E-state index in [1.54, 1.807) is 11.3 Å². The van der Waals surface area contributed by atoms with E-state index in [-0.39, 0.29) is 0 Å². The molecule has 0 radical (unpaired) electrons. The van der Waals surface area contributed by atoms with E-state index in [9.17, 15) is 0 Å². The topological polar surface area (TPSA) is 38.9 Å². The molecule has 0 aliphatic carbocycles. The van der Waals surface area contributed by atoms with Crippen LogP contribution in [0.4, 0.5) is 0 Å². The van der Waals surface area contributed by atoms with Gasteiger partial charge in [0.15, 0.2) is 0 Å². The lowest BCUT2D eigenvalue weighted by atomic mass is 10.0. The Labute approximate surface area is 96.9 Å². The zero-order valence-corrected chi connectivity index (χ0v) is 10.6. The highest BCUT2D eigenvalue weighted by Crippen LogP contribution is 2.22. The molecule has 0 saturated heterocycles. The molecule has 15 heavy (non-hydrogen) atoms. The van der Waals surface area contributed by atoms with Crippen molar-refractivity contribution in [2.75, 3.05) is 6.54 Å². The van der Waals surface area contributed by atoms with Crippen LogP contribution in [0.1, 0.15) is 56.2 Å². The molecule has 1 unspecified atom stereocenters. The number of rotatable bonds is 7. The summed E-state index contributed by atoms with van der Waals surface area (Å²) in [5.74, 6) is 0.474. The maximum Gasteiger partial charge on any atom is 0.0928 e. The maximum absolute atomic E-state index is 5.76. The Morgan fingerprint density at radius 1 is 1.40 bits per heavy atom. The highest BCUT2D eigenvalue weighted by molar-refractivity contribution is 7.09. The third-order valence-corrected chi connectivity index (χ3v) is 3.58. The monoisotopic (exact) mass is 226 g/mol.